The quantitative estimate of drug-likeness (QED) is 0.725. The van der Waals surface area contributed by atoms with Gasteiger partial charge in [0.25, 0.3) is 0 Å². The van der Waals surface area contributed by atoms with Crippen LogP contribution in [0.5, 0.6) is 0 Å². The maximum atomic E-state index is 11.5. The highest BCUT2D eigenvalue weighted by Gasteiger charge is 2.20. The fourth-order valence-electron chi connectivity index (χ4n) is 2.20. The van der Waals surface area contributed by atoms with E-state index in [9.17, 15) is 4.79 Å². The lowest BCUT2D eigenvalue weighted by Gasteiger charge is -2.32. The number of piperidine rings is 1. The van der Waals surface area contributed by atoms with Gasteiger partial charge in [0.15, 0.2) is 0 Å². The van der Waals surface area contributed by atoms with Crippen molar-refractivity contribution in [1.82, 2.24) is 9.80 Å². The molecule has 1 amide bonds. The normalized spacial score (nSPS) is 22.7. The van der Waals surface area contributed by atoms with Crippen molar-refractivity contribution < 1.29 is 9.90 Å². The zero-order valence-electron chi connectivity index (χ0n) is 9.78. The highest BCUT2D eigenvalue weighted by Crippen LogP contribution is 2.15. The number of rotatable bonds is 4. The topological polar surface area (TPSA) is 43.8 Å². The Bertz CT molecular complexity index is 209. The summed E-state index contributed by atoms with van der Waals surface area (Å²) >= 11 is 0. The highest BCUT2D eigenvalue weighted by molar-refractivity contribution is 5.75. The molecule has 1 aliphatic heterocycles. The zero-order valence-corrected chi connectivity index (χ0v) is 9.78. The molecule has 0 aromatic heterocycles. The number of hydrogen-bond acceptors (Lipinski definition) is 3. The van der Waals surface area contributed by atoms with E-state index in [-0.39, 0.29) is 18.9 Å². The lowest BCUT2D eigenvalue weighted by atomic mass is 9.98. The molecule has 4 heteroatoms. The summed E-state index contributed by atoms with van der Waals surface area (Å²) in [6.45, 7) is 3.03. The molecule has 1 heterocycles. The molecule has 0 saturated carbocycles. The van der Waals surface area contributed by atoms with Crippen LogP contribution >= 0.6 is 0 Å². The van der Waals surface area contributed by atoms with Crippen LogP contribution in [0.4, 0.5) is 0 Å². The highest BCUT2D eigenvalue weighted by atomic mass is 16.3. The van der Waals surface area contributed by atoms with Crippen molar-refractivity contribution in [1.29, 1.82) is 0 Å². The third-order valence-electron chi connectivity index (χ3n) is 3.01. The number of aliphatic hydroxyl groups is 1. The van der Waals surface area contributed by atoms with Gasteiger partial charge in [-0.25, -0.2) is 0 Å². The maximum Gasteiger partial charge on any atom is 0.224 e. The van der Waals surface area contributed by atoms with Gasteiger partial charge in [-0.15, -0.1) is 0 Å². The molecule has 1 saturated heterocycles. The summed E-state index contributed by atoms with van der Waals surface area (Å²) in [6, 6.07) is 0. The summed E-state index contributed by atoms with van der Waals surface area (Å²) in [5.41, 5.74) is 0. The number of aliphatic hydroxyl groups excluding tert-OH is 1. The molecule has 1 N–H and O–H groups in total. The van der Waals surface area contributed by atoms with E-state index in [0.29, 0.717) is 5.92 Å². The van der Waals surface area contributed by atoms with Crippen LogP contribution in [0.2, 0.25) is 0 Å². The van der Waals surface area contributed by atoms with Gasteiger partial charge in [0.05, 0.1) is 6.61 Å². The van der Waals surface area contributed by atoms with Crippen molar-refractivity contribution in [2.24, 2.45) is 5.92 Å². The van der Waals surface area contributed by atoms with E-state index >= 15 is 0 Å². The number of carbonyl (C=O) groups excluding carboxylic acids is 1. The first-order valence-corrected chi connectivity index (χ1v) is 5.67. The van der Waals surface area contributed by atoms with Gasteiger partial charge in [0, 0.05) is 26.6 Å². The molecule has 1 fully saturated rings. The summed E-state index contributed by atoms with van der Waals surface area (Å²) < 4.78 is 0. The number of hydrogen-bond donors (Lipinski definition) is 1. The van der Waals surface area contributed by atoms with Crippen LogP contribution in [-0.2, 0) is 4.79 Å². The second-order valence-electron chi connectivity index (χ2n) is 4.52. The van der Waals surface area contributed by atoms with Crippen molar-refractivity contribution >= 4 is 5.91 Å². The molecule has 1 aliphatic rings. The van der Waals surface area contributed by atoms with E-state index in [4.69, 9.17) is 5.11 Å². The van der Waals surface area contributed by atoms with Crippen LogP contribution in [0.15, 0.2) is 0 Å². The molecule has 0 bridgehead atoms. The van der Waals surface area contributed by atoms with E-state index in [1.54, 1.807) is 4.90 Å². The van der Waals surface area contributed by atoms with Crippen molar-refractivity contribution in [3.05, 3.63) is 0 Å². The minimum atomic E-state index is -0.0479. The van der Waals surface area contributed by atoms with Crippen LogP contribution < -0.4 is 0 Å². The molecule has 0 aliphatic carbocycles. The Balaban J connectivity index is 2.30. The lowest BCUT2D eigenvalue weighted by molar-refractivity contribution is -0.131. The molecule has 1 unspecified atom stereocenters. The third kappa shape index (κ3) is 4.18. The average Bonchev–Trinajstić information content (AvgIpc) is 2.18. The number of carbonyl (C=O) groups is 1. The van der Waals surface area contributed by atoms with Crippen LogP contribution in [0.3, 0.4) is 0 Å². The molecule has 0 aromatic carbocycles. The number of nitrogens with zero attached hydrogens (tertiary/aromatic N) is 2. The predicted octanol–water partition coefficient (Wildman–Crippen LogP) is 0.169. The minimum absolute atomic E-state index is 0.0470. The smallest absolute Gasteiger partial charge is 0.224 e. The first-order valence-electron chi connectivity index (χ1n) is 5.67. The molecule has 4 nitrogen and oxygen atoms in total. The number of amides is 1. The van der Waals surface area contributed by atoms with Crippen LogP contribution in [0.25, 0.3) is 0 Å². The van der Waals surface area contributed by atoms with Gasteiger partial charge >= 0.3 is 0 Å². The fraction of sp³-hybridized carbons (Fsp3) is 0.909. The average molecular weight is 214 g/mol. The summed E-state index contributed by atoms with van der Waals surface area (Å²) in [4.78, 5) is 15.5. The number of likely N-dealkylation sites (tertiary alicyclic amines) is 1. The van der Waals surface area contributed by atoms with Crippen LogP contribution in [0.1, 0.15) is 19.3 Å². The van der Waals surface area contributed by atoms with Gasteiger partial charge in [0.2, 0.25) is 5.91 Å². The molecule has 88 valence electrons. The van der Waals surface area contributed by atoms with Gasteiger partial charge < -0.3 is 14.9 Å². The first kappa shape index (κ1) is 12.5. The summed E-state index contributed by atoms with van der Waals surface area (Å²) in [6.07, 6.45) is 2.68. The van der Waals surface area contributed by atoms with Crippen molar-refractivity contribution in [3.8, 4) is 0 Å². The Hall–Kier alpha value is -0.610. The second kappa shape index (κ2) is 6.08. The van der Waals surface area contributed by atoms with E-state index in [2.05, 4.69) is 11.9 Å². The molecule has 1 atom stereocenters. The molecule has 0 spiro atoms. The SMILES string of the molecule is CN1CCCC(CN(C)C(=O)CCO)C1. The molecule has 15 heavy (non-hydrogen) atoms. The zero-order chi connectivity index (χ0) is 11.3. The first-order chi connectivity index (χ1) is 7.13. The summed E-state index contributed by atoms with van der Waals surface area (Å²) in [5, 5.41) is 8.68. The van der Waals surface area contributed by atoms with Gasteiger partial charge in [-0.2, -0.15) is 0 Å². The van der Waals surface area contributed by atoms with E-state index in [0.717, 1.165) is 13.1 Å². The van der Waals surface area contributed by atoms with Gasteiger partial charge in [-0.1, -0.05) is 0 Å². The Labute approximate surface area is 91.9 Å². The molecule has 1 rings (SSSR count). The summed E-state index contributed by atoms with van der Waals surface area (Å²) in [7, 11) is 3.95. The minimum Gasteiger partial charge on any atom is -0.396 e. The maximum absolute atomic E-state index is 11.5. The Morgan fingerprint density at radius 3 is 2.93 bits per heavy atom. The molecule has 0 aromatic rings. The summed E-state index contributed by atoms with van der Waals surface area (Å²) in [5.74, 6) is 0.641. The van der Waals surface area contributed by atoms with Crippen LogP contribution in [0, 0.1) is 5.92 Å². The monoisotopic (exact) mass is 214 g/mol. The van der Waals surface area contributed by atoms with Gasteiger partial charge in [0.1, 0.15) is 0 Å². The second-order valence-corrected chi connectivity index (χ2v) is 4.52. The fourth-order valence-corrected chi connectivity index (χ4v) is 2.20. The van der Waals surface area contributed by atoms with Crippen molar-refractivity contribution in [2.45, 2.75) is 19.3 Å². The molecular formula is C11H22N2O2. The Morgan fingerprint density at radius 1 is 1.60 bits per heavy atom. The molecule has 0 radical (unpaired) electrons. The largest absolute Gasteiger partial charge is 0.396 e. The van der Waals surface area contributed by atoms with Crippen molar-refractivity contribution in [2.75, 3.05) is 40.3 Å². The Morgan fingerprint density at radius 2 is 2.33 bits per heavy atom. The van der Waals surface area contributed by atoms with Crippen LogP contribution in [-0.4, -0.2) is 61.2 Å². The van der Waals surface area contributed by atoms with E-state index < -0.39 is 0 Å². The molecular weight excluding hydrogens is 192 g/mol. The lowest BCUT2D eigenvalue weighted by Crippen LogP contribution is -2.40. The van der Waals surface area contributed by atoms with E-state index in [1.807, 2.05) is 7.05 Å². The van der Waals surface area contributed by atoms with E-state index in [1.165, 1.54) is 19.4 Å². The van der Waals surface area contributed by atoms with Gasteiger partial charge in [-0.3, -0.25) is 4.79 Å². The standard InChI is InChI=1S/C11H22N2O2/c1-12-6-3-4-10(8-12)9-13(2)11(15)5-7-14/h10,14H,3-9H2,1-2H3. The van der Waals surface area contributed by atoms with Crippen molar-refractivity contribution in [3.63, 3.8) is 0 Å². The predicted molar refractivity (Wildman–Crippen MR) is 59.6 cm³/mol. The van der Waals surface area contributed by atoms with Gasteiger partial charge in [-0.05, 0) is 32.4 Å². The Kier molecular flexibility index (Phi) is 5.05. The third-order valence-corrected chi connectivity index (χ3v) is 3.01.